The molecule has 2 aromatic rings. The quantitative estimate of drug-likeness (QED) is 0.751. The van der Waals surface area contributed by atoms with Gasteiger partial charge >= 0.3 is 0 Å². The van der Waals surface area contributed by atoms with E-state index >= 15 is 0 Å². The maximum absolute atomic E-state index is 12.6. The fourth-order valence-electron chi connectivity index (χ4n) is 2.92. The van der Waals surface area contributed by atoms with Gasteiger partial charge in [-0.15, -0.1) is 36.2 Å². The third-order valence-corrected chi connectivity index (χ3v) is 5.75. The zero-order valence-electron chi connectivity index (χ0n) is 16.0. The molecular weight excluding hydrogens is 403 g/mol. The normalized spacial score (nSPS) is 15.0. The summed E-state index contributed by atoms with van der Waals surface area (Å²) in [5, 5.41) is 3.33. The van der Waals surface area contributed by atoms with Crippen molar-refractivity contribution in [2.75, 3.05) is 31.9 Å². The van der Waals surface area contributed by atoms with Gasteiger partial charge in [0.05, 0.1) is 16.3 Å². The molecule has 27 heavy (non-hydrogen) atoms. The van der Waals surface area contributed by atoms with Gasteiger partial charge in [-0.05, 0) is 12.1 Å². The van der Waals surface area contributed by atoms with Gasteiger partial charge in [0, 0.05) is 49.2 Å². The molecule has 0 atom stereocenters. The number of piperazine rings is 1. The van der Waals surface area contributed by atoms with Gasteiger partial charge in [0.1, 0.15) is 0 Å². The fourth-order valence-corrected chi connectivity index (χ4v) is 3.82. The number of nitrogen functional groups attached to an aromatic ring is 1. The molecule has 3 rings (SSSR count). The van der Waals surface area contributed by atoms with E-state index < -0.39 is 0 Å². The molecule has 1 amide bonds. The molecule has 0 radical (unpaired) electrons. The van der Waals surface area contributed by atoms with Gasteiger partial charge in [0.25, 0.3) is 5.91 Å². The SMILES string of the molecule is CC(C)(C)c1nc(CN2CCN(C(=O)c3ccccc3N)CC2)cs1.Cl.Cl. The van der Waals surface area contributed by atoms with E-state index in [1.165, 1.54) is 5.01 Å². The van der Waals surface area contributed by atoms with Crippen LogP contribution in [-0.4, -0.2) is 46.9 Å². The molecule has 2 heterocycles. The zero-order valence-corrected chi connectivity index (χ0v) is 18.4. The van der Waals surface area contributed by atoms with E-state index in [1.54, 1.807) is 23.5 Å². The topological polar surface area (TPSA) is 62.5 Å². The Morgan fingerprint density at radius 2 is 1.78 bits per heavy atom. The van der Waals surface area contributed by atoms with E-state index in [-0.39, 0.29) is 36.1 Å². The van der Waals surface area contributed by atoms with E-state index in [4.69, 9.17) is 10.7 Å². The number of halogens is 2. The van der Waals surface area contributed by atoms with Gasteiger partial charge in [0.15, 0.2) is 0 Å². The summed E-state index contributed by atoms with van der Waals surface area (Å²) in [5.41, 5.74) is 8.31. The molecule has 0 spiro atoms. The lowest BCUT2D eigenvalue weighted by Crippen LogP contribution is -2.48. The molecule has 0 aliphatic carbocycles. The number of anilines is 1. The molecule has 1 fully saturated rings. The maximum atomic E-state index is 12.6. The lowest BCUT2D eigenvalue weighted by Gasteiger charge is -2.34. The van der Waals surface area contributed by atoms with E-state index in [1.807, 2.05) is 17.0 Å². The lowest BCUT2D eigenvalue weighted by molar-refractivity contribution is 0.0628. The number of hydrogen-bond acceptors (Lipinski definition) is 5. The summed E-state index contributed by atoms with van der Waals surface area (Å²) in [6.07, 6.45) is 0. The molecule has 2 N–H and O–H groups in total. The summed E-state index contributed by atoms with van der Waals surface area (Å²) >= 11 is 1.73. The van der Waals surface area contributed by atoms with E-state index in [0.717, 1.165) is 38.4 Å². The Balaban J connectivity index is 0.00000182. The van der Waals surface area contributed by atoms with Crippen molar-refractivity contribution in [3.63, 3.8) is 0 Å². The molecule has 150 valence electrons. The molecule has 0 saturated carbocycles. The van der Waals surface area contributed by atoms with Crippen LogP contribution in [0.3, 0.4) is 0 Å². The van der Waals surface area contributed by atoms with E-state index in [9.17, 15) is 4.79 Å². The third kappa shape index (κ3) is 5.82. The Hall–Kier alpha value is -1.34. The largest absolute Gasteiger partial charge is 0.398 e. The number of hydrogen-bond donors (Lipinski definition) is 1. The van der Waals surface area contributed by atoms with Gasteiger partial charge in [0.2, 0.25) is 0 Å². The van der Waals surface area contributed by atoms with Crippen LogP contribution in [0.5, 0.6) is 0 Å². The van der Waals surface area contributed by atoms with Gasteiger partial charge in [-0.2, -0.15) is 0 Å². The molecule has 1 aromatic heterocycles. The second-order valence-electron chi connectivity index (χ2n) is 7.55. The van der Waals surface area contributed by atoms with Crippen LogP contribution in [0.2, 0.25) is 0 Å². The number of carbonyl (C=O) groups is 1. The first-order valence-electron chi connectivity index (χ1n) is 8.65. The number of carbonyl (C=O) groups excluding carboxylic acids is 1. The number of amides is 1. The van der Waals surface area contributed by atoms with Crippen molar-refractivity contribution < 1.29 is 4.79 Å². The number of aromatic nitrogens is 1. The molecule has 0 bridgehead atoms. The van der Waals surface area contributed by atoms with Crippen LogP contribution in [0.15, 0.2) is 29.6 Å². The molecular formula is C19H28Cl2N4OS. The number of thiazole rings is 1. The lowest BCUT2D eigenvalue weighted by atomic mass is 9.98. The fraction of sp³-hybridized carbons (Fsp3) is 0.474. The number of nitrogens with zero attached hydrogens (tertiary/aromatic N) is 3. The van der Waals surface area contributed by atoms with Crippen molar-refractivity contribution in [3.8, 4) is 0 Å². The number of nitrogens with two attached hydrogens (primary N) is 1. The molecule has 1 saturated heterocycles. The maximum Gasteiger partial charge on any atom is 0.256 e. The zero-order chi connectivity index (χ0) is 18.0. The first kappa shape index (κ1) is 23.7. The Labute approximate surface area is 177 Å². The van der Waals surface area contributed by atoms with Crippen LogP contribution in [-0.2, 0) is 12.0 Å². The smallest absolute Gasteiger partial charge is 0.256 e. The first-order chi connectivity index (χ1) is 11.8. The third-order valence-electron chi connectivity index (χ3n) is 4.43. The van der Waals surface area contributed by atoms with Gasteiger partial charge in [-0.25, -0.2) is 4.98 Å². The summed E-state index contributed by atoms with van der Waals surface area (Å²) in [6, 6.07) is 7.28. The van der Waals surface area contributed by atoms with Gasteiger partial charge < -0.3 is 10.6 Å². The Kier molecular flexibility index (Phi) is 8.54. The van der Waals surface area contributed by atoms with Crippen LogP contribution in [0, 0.1) is 0 Å². The standard InChI is InChI=1S/C19H26N4OS.2ClH/c1-19(2,3)18-21-14(13-25-18)12-22-8-10-23(11-9-22)17(24)15-6-4-5-7-16(15)20;;/h4-7,13H,8-12,20H2,1-3H3;2*1H. The van der Waals surface area contributed by atoms with Crippen molar-refractivity contribution in [2.45, 2.75) is 32.7 Å². The van der Waals surface area contributed by atoms with Crippen molar-refractivity contribution in [2.24, 2.45) is 0 Å². The predicted molar refractivity (Wildman–Crippen MR) is 117 cm³/mol. The van der Waals surface area contributed by atoms with Crippen LogP contribution in [0.25, 0.3) is 0 Å². The van der Waals surface area contributed by atoms with E-state index in [2.05, 4.69) is 31.1 Å². The second-order valence-corrected chi connectivity index (χ2v) is 8.41. The van der Waals surface area contributed by atoms with Crippen molar-refractivity contribution in [1.82, 2.24) is 14.8 Å². The summed E-state index contributed by atoms with van der Waals surface area (Å²) in [7, 11) is 0. The van der Waals surface area contributed by atoms with Gasteiger partial charge in [-0.1, -0.05) is 32.9 Å². The van der Waals surface area contributed by atoms with Crippen LogP contribution in [0.4, 0.5) is 5.69 Å². The van der Waals surface area contributed by atoms with Crippen LogP contribution >= 0.6 is 36.2 Å². The number of benzene rings is 1. The van der Waals surface area contributed by atoms with Crippen molar-refractivity contribution in [1.29, 1.82) is 0 Å². The molecule has 8 heteroatoms. The van der Waals surface area contributed by atoms with Crippen LogP contribution < -0.4 is 5.73 Å². The molecule has 1 aromatic carbocycles. The summed E-state index contributed by atoms with van der Waals surface area (Å²) in [5.74, 6) is 0.0291. The Bertz CT molecular complexity index is 752. The highest BCUT2D eigenvalue weighted by molar-refractivity contribution is 7.09. The molecule has 1 aliphatic heterocycles. The van der Waals surface area contributed by atoms with E-state index in [0.29, 0.717) is 11.3 Å². The summed E-state index contributed by atoms with van der Waals surface area (Å²) < 4.78 is 0. The highest BCUT2D eigenvalue weighted by Crippen LogP contribution is 2.26. The Morgan fingerprint density at radius 1 is 1.15 bits per heavy atom. The first-order valence-corrected chi connectivity index (χ1v) is 9.53. The highest BCUT2D eigenvalue weighted by Gasteiger charge is 2.24. The predicted octanol–water partition coefficient (Wildman–Crippen LogP) is 3.82. The van der Waals surface area contributed by atoms with Gasteiger partial charge in [-0.3, -0.25) is 9.69 Å². The summed E-state index contributed by atoms with van der Waals surface area (Å²) in [6.45, 7) is 10.6. The second kappa shape index (κ2) is 9.73. The molecule has 0 unspecified atom stereocenters. The van der Waals surface area contributed by atoms with Crippen molar-refractivity contribution >= 4 is 47.7 Å². The molecule has 1 aliphatic rings. The van der Waals surface area contributed by atoms with Crippen molar-refractivity contribution in [3.05, 3.63) is 45.9 Å². The Morgan fingerprint density at radius 3 is 2.33 bits per heavy atom. The minimum absolute atomic E-state index is 0. The number of para-hydroxylation sites is 1. The average Bonchev–Trinajstić information content (AvgIpc) is 3.04. The highest BCUT2D eigenvalue weighted by atomic mass is 35.5. The van der Waals surface area contributed by atoms with Crippen LogP contribution in [0.1, 0.15) is 41.8 Å². The minimum atomic E-state index is 0. The number of rotatable bonds is 3. The minimum Gasteiger partial charge on any atom is -0.398 e. The molecule has 5 nitrogen and oxygen atoms in total. The monoisotopic (exact) mass is 430 g/mol. The summed E-state index contributed by atoms with van der Waals surface area (Å²) in [4.78, 5) is 21.6. The average molecular weight is 431 g/mol.